The summed E-state index contributed by atoms with van der Waals surface area (Å²) in [4.78, 5) is 25.2. The van der Waals surface area contributed by atoms with Crippen LogP contribution >= 0.6 is 0 Å². The number of alkyl carbamates (subject to hydrolysis) is 1. The van der Waals surface area contributed by atoms with Gasteiger partial charge in [-0.15, -0.1) is 0 Å². The lowest BCUT2D eigenvalue weighted by atomic mass is 9.90. The molecule has 7 heteroatoms. The molecule has 0 saturated carbocycles. The van der Waals surface area contributed by atoms with Gasteiger partial charge in [0.2, 0.25) is 0 Å². The zero-order valence-electron chi connectivity index (χ0n) is 14.7. The largest absolute Gasteiger partial charge is 0.465 e. The third-order valence-electron chi connectivity index (χ3n) is 4.60. The number of carbonyl (C=O) groups excluding carboxylic acids is 1. The molecule has 2 amide bonds. The molecule has 1 fully saturated rings. The zero-order chi connectivity index (χ0) is 19.2. The number of halogens is 1. The van der Waals surface area contributed by atoms with Gasteiger partial charge >= 0.3 is 12.2 Å². The quantitative estimate of drug-likeness (QED) is 0.852. The summed E-state index contributed by atoms with van der Waals surface area (Å²) >= 11 is 0. The molecular formula is C20H21FN2O4. The Morgan fingerprint density at radius 2 is 1.85 bits per heavy atom. The van der Waals surface area contributed by atoms with Gasteiger partial charge in [-0.25, -0.2) is 14.0 Å². The number of hydrogen-bond acceptors (Lipinski definition) is 3. The first-order valence-corrected chi connectivity index (χ1v) is 8.77. The maximum atomic E-state index is 13.3. The Morgan fingerprint density at radius 3 is 2.52 bits per heavy atom. The minimum atomic E-state index is -1.08. The maximum absolute atomic E-state index is 13.3. The lowest BCUT2D eigenvalue weighted by Gasteiger charge is -2.40. The predicted octanol–water partition coefficient (Wildman–Crippen LogP) is 3.94. The molecule has 2 aromatic rings. The summed E-state index contributed by atoms with van der Waals surface area (Å²) < 4.78 is 18.5. The van der Waals surface area contributed by atoms with E-state index in [1.54, 1.807) is 12.1 Å². The van der Waals surface area contributed by atoms with Crippen molar-refractivity contribution in [2.24, 2.45) is 0 Å². The van der Waals surface area contributed by atoms with Crippen molar-refractivity contribution in [2.45, 2.75) is 31.5 Å². The highest BCUT2D eigenvalue weighted by Gasteiger charge is 2.36. The lowest BCUT2D eigenvalue weighted by Crippen LogP contribution is -2.51. The number of amides is 2. The van der Waals surface area contributed by atoms with Gasteiger partial charge in [0, 0.05) is 6.54 Å². The summed E-state index contributed by atoms with van der Waals surface area (Å²) in [7, 11) is 0. The van der Waals surface area contributed by atoms with Crippen molar-refractivity contribution in [3.8, 4) is 0 Å². The number of piperidine rings is 1. The van der Waals surface area contributed by atoms with Gasteiger partial charge in [-0.05, 0) is 36.1 Å². The van der Waals surface area contributed by atoms with E-state index in [9.17, 15) is 19.1 Å². The Hall–Kier alpha value is -3.09. The van der Waals surface area contributed by atoms with Crippen LogP contribution < -0.4 is 5.32 Å². The van der Waals surface area contributed by atoms with E-state index in [2.05, 4.69) is 5.32 Å². The van der Waals surface area contributed by atoms with Crippen LogP contribution in [0.2, 0.25) is 0 Å². The molecule has 0 bridgehead atoms. The molecule has 0 aliphatic carbocycles. The van der Waals surface area contributed by atoms with Gasteiger partial charge in [0.05, 0.1) is 12.1 Å². The third-order valence-corrected chi connectivity index (χ3v) is 4.60. The number of nitrogens with one attached hydrogen (secondary N) is 1. The number of nitrogens with zero attached hydrogens (tertiary/aromatic N) is 1. The minimum Gasteiger partial charge on any atom is -0.465 e. The molecule has 2 N–H and O–H groups in total. The number of carbonyl (C=O) groups is 2. The number of rotatable bonds is 4. The Balaban J connectivity index is 1.71. The van der Waals surface area contributed by atoms with Crippen molar-refractivity contribution >= 4 is 12.2 Å². The topological polar surface area (TPSA) is 78.9 Å². The average molecular weight is 372 g/mol. The first-order chi connectivity index (χ1) is 13.0. The summed E-state index contributed by atoms with van der Waals surface area (Å²) in [5.41, 5.74) is 1.49. The highest BCUT2D eigenvalue weighted by atomic mass is 19.1. The second-order valence-electron chi connectivity index (χ2n) is 6.43. The summed E-state index contributed by atoms with van der Waals surface area (Å²) in [5, 5.41) is 12.3. The average Bonchev–Trinajstić information content (AvgIpc) is 2.68. The lowest BCUT2D eigenvalue weighted by molar-refractivity contribution is 0.0812. The molecular weight excluding hydrogens is 351 g/mol. The normalized spacial score (nSPS) is 19.4. The van der Waals surface area contributed by atoms with E-state index in [0.29, 0.717) is 24.9 Å². The number of hydrogen-bond donors (Lipinski definition) is 2. The second-order valence-corrected chi connectivity index (χ2v) is 6.43. The number of carboxylic acid groups (broad SMARTS) is 1. The molecule has 0 spiro atoms. The van der Waals surface area contributed by atoms with E-state index in [1.807, 2.05) is 30.3 Å². The molecule has 1 saturated heterocycles. The van der Waals surface area contributed by atoms with Gasteiger partial charge in [-0.3, -0.25) is 4.90 Å². The third kappa shape index (κ3) is 4.75. The Bertz CT molecular complexity index is 782. The molecule has 1 aliphatic heterocycles. The summed E-state index contributed by atoms with van der Waals surface area (Å²) in [6.45, 7) is 0.484. The van der Waals surface area contributed by atoms with Gasteiger partial charge in [0.1, 0.15) is 12.4 Å². The van der Waals surface area contributed by atoms with Crippen molar-refractivity contribution in [3.63, 3.8) is 0 Å². The molecule has 6 nitrogen and oxygen atoms in total. The van der Waals surface area contributed by atoms with Crippen LogP contribution in [0.4, 0.5) is 14.0 Å². The molecule has 2 atom stereocenters. The van der Waals surface area contributed by atoms with Crippen molar-refractivity contribution in [1.29, 1.82) is 0 Å². The molecule has 0 aromatic heterocycles. The van der Waals surface area contributed by atoms with Gasteiger partial charge < -0.3 is 15.2 Å². The minimum absolute atomic E-state index is 0.128. The van der Waals surface area contributed by atoms with E-state index >= 15 is 0 Å². The fraction of sp³-hybridized carbons (Fsp3) is 0.300. The van der Waals surface area contributed by atoms with Crippen LogP contribution in [-0.4, -0.2) is 34.8 Å². The fourth-order valence-corrected chi connectivity index (χ4v) is 3.35. The monoisotopic (exact) mass is 372 g/mol. The van der Waals surface area contributed by atoms with E-state index in [-0.39, 0.29) is 6.61 Å². The Morgan fingerprint density at radius 1 is 1.15 bits per heavy atom. The predicted molar refractivity (Wildman–Crippen MR) is 96.7 cm³/mol. The molecule has 142 valence electrons. The summed E-state index contributed by atoms with van der Waals surface area (Å²) in [5.74, 6) is -0.400. The molecule has 2 unspecified atom stereocenters. The SMILES string of the molecule is O=C(NC1CCCN(C(=O)O)C1c1ccc(F)cc1)OCc1ccccc1. The highest BCUT2D eigenvalue weighted by Crippen LogP contribution is 2.31. The van der Waals surface area contributed by atoms with Crippen molar-refractivity contribution in [1.82, 2.24) is 10.2 Å². The standard InChI is InChI=1S/C20H21FN2O4/c21-16-10-8-15(9-11-16)18-17(7-4-12-23(18)20(25)26)22-19(24)27-13-14-5-2-1-3-6-14/h1-3,5-6,8-11,17-18H,4,7,12-13H2,(H,22,24)(H,25,26). The molecule has 1 heterocycles. The van der Waals surface area contributed by atoms with E-state index < -0.39 is 30.1 Å². The molecule has 27 heavy (non-hydrogen) atoms. The second kappa shape index (κ2) is 8.53. The molecule has 2 aromatic carbocycles. The van der Waals surface area contributed by atoms with Gasteiger partial charge in [0.25, 0.3) is 0 Å². The maximum Gasteiger partial charge on any atom is 0.407 e. The van der Waals surface area contributed by atoms with Gasteiger partial charge in [-0.2, -0.15) is 0 Å². The summed E-state index contributed by atoms with van der Waals surface area (Å²) in [6.07, 6.45) is -0.462. The van der Waals surface area contributed by atoms with Crippen molar-refractivity contribution < 1.29 is 23.8 Å². The van der Waals surface area contributed by atoms with Crippen LogP contribution in [-0.2, 0) is 11.3 Å². The van der Waals surface area contributed by atoms with E-state index in [1.165, 1.54) is 17.0 Å². The number of likely N-dealkylation sites (tertiary alicyclic amines) is 1. The van der Waals surface area contributed by atoms with E-state index in [0.717, 1.165) is 5.56 Å². The molecule has 1 aliphatic rings. The molecule has 0 radical (unpaired) electrons. The molecule has 3 rings (SSSR count). The van der Waals surface area contributed by atoms with Crippen LogP contribution in [0, 0.1) is 5.82 Å². The first-order valence-electron chi connectivity index (χ1n) is 8.77. The van der Waals surface area contributed by atoms with Gasteiger partial charge in [-0.1, -0.05) is 42.5 Å². The van der Waals surface area contributed by atoms with Crippen molar-refractivity contribution in [3.05, 3.63) is 71.5 Å². The van der Waals surface area contributed by atoms with Crippen LogP contribution in [0.1, 0.15) is 30.0 Å². The van der Waals surface area contributed by atoms with E-state index in [4.69, 9.17) is 4.74 Å². The van der Waals surface area contributed by atoms with Crippen LogP contribution in [0.3, 0.4) is 0 Å². The van der Waals surface area contributed by atoms with Gasteiger partial charge in [0.15, 0.2) is 0 Å². The Labute approximate surface area is 156 Å². The smallest absolute Gasteiger partial charge is 0.407 e. The highest BCUT2D eigenvalue weighted by molar-refractivity contribution is 5.69. The Kier molecular flexibility index (Phi) is 5.90. The first kappa shape index (κ1) is 18.7. The van der Waals surface area contributed by atoms with Crippen LogP contribution in [0.5, 0.6) is 0 Å². The number of benzene rings is 2. The fourth-order valence-electron chi connectivity index (χ4n) is 3.35. The van der Waals surface area contributed by atoms with Crippen LogP contribution in [0.25, 0.3) is 0 Å². The summed E-state index contributed by atoms with van der Waals surface area (Å²) in [6, 6.07) is 13.9. The zero-order valence-corrected chi connectivity index (χ0v) is 14.7. The van der Waals surface area contributed by atoms with Crippen molar-refractivity contribution in [2.75, 3.05) is 6.54 Å². The van der Waals surface area contributed by atoms with Crippen LogP contribution in [0.15, 0.2) is 54.6 Å². The number of ether oxygens (including phenoxy) is 1.